The van der Waals surface area contributed by atoms with Gasteiger partial charge in [-0.2, -0.15) is 0 Å². The molecule has 1 heterocycles. The Balaban J connectivity index is 2.02. The minimum atomic E-state index is -0.568. The third-order valence-corrected chi connectivity index (χ3v) is 2.42. The quantitative estimate of drug-likeness (QED) is 0.635. The number of ether oxygens (including phenoxy) is 2. The monoisotopic (exact) mass is 293 g/mol. The molecule has 0 bridgehead atoms. The van der Waals surface area contributed by atoms with Crippen molar-refractivity contribution >= 4 is 17.4 Å². The predicted molar refractivity (Wildman–Crippen MR) is 70.3 cm³/mol. The number of methoxy groups -OCH3 is 1. The van der Waals surface area contributed by atoms with Crippen molar-refractivity contribution in [3.63, 3.8) is 0 Å². The van der Waals surface area contributed by atoms with E-state index in [4.69, 9.17) is 9.47 Å². The lowest BCUT2D eigenvalue weighted by atomic mass is 10.3. The van der Waals surface area contributed by atoms with E-state index in [1.165, 1.54) is 37.6 Å². The Morgan fingerprint density at radius 2 is 2.24 bits per heavy atom. The lowest BCUT2D eigenvalue weighted by molar-refractivity contribution is -0.385. The maximum absolute atomic E-state index is 11.6. The number of nitro benzene ring substituents is 1. The van der Waals surface area contributed by atoms with Gasteiger partial charge in [-0.3, -0.25) is 14.9 Å². The molecule has 1 aromatic carbocycles. The van der Waals surface area contributed by atoms with Gasteiger partial charge in [-0.15, -0.1) is 0 Å². The summed E-state index contributed by atoms with van der Waals surface area (Å²) < 4.78 is 14.8. The van der Waals surface area contributed by atoms with Crippen molar-refractivity contribution in [2.24, 2.45) is 0 Å². The molecule has 0 saturated carbocycles. The molecule has 1 N–H and O–H groups in total. The summed E-state index contributed by atoms with van der Waals surface area (Å²) in [5.41, 5.74) is -0.164. The number of amides is 1. The average molecular weight is 293 g/mol. The molecule has 2 aromatic rings. The molecule has 2 rings (SSSR count). The molecule has 0 fully saturated rings. The second-order valence-corrected chi connectivity index (χ2v) is 3.81. The Kier molecular flexibility index (Phi) is 4.34. The number of nitrogens with one attached hydrogen (secondary N) is 1. The molecular weight excluding hydrogens is 282 g/mol. The van der Waals surface area contributed by atoms with Crippen molar-refractivity contribution in [3.05, 3.63) is 40.6 Å². The standard InChI is InChI=1S/C12H11N3O6/c1-19-9-3-2-8(15(17)18)6-10(9)20-7-12(16)13-11-4-5-21-14-11/h2-6H,7H2,1H3,(H,13,14,16). The average Bonchev–Trinajstić information content (AvgIpc) is 2.97. The fraction of sp³-hybridized carbons (Fsp3) is 0.167. The Morgan fingerprint density at radius 1 is 1.43 bits per heavy atom. The molecule has 0 saturated heterocycles. The van der Waals surface area contributed by atoms with E-state index in [1.54, 1.807) is 0 Å². The number of benzene rings is 1. The molecule has 21 heavy (non-hydrogen) atoms. The molecule has 0 aliphatic heterocycles. The molecule has 0 spiro atoms. The fourth-order valence-electron chi connectivity index (χ4n) is 1.49. The van der Waals surface area contributed by atoms with Gasteiger partial charge in [0.25, 0.3) is 11.6 Å². The van der Waals surface area contributed by atoms with Gasteiger partial charge < -0.3 is 19.3 Å². The lowest BCUT2D eigenvalue weighted by Crippen LogP contribution is -2.20. The van der Waals surface area contributed by atoms with E-state index in [0.29, 0.717) is 0 Å². The van der Waals surface area contributed by atoms with Crippen LogP contribution in [0.1, 0.15) is 0 Å². The van der Waals surface area contributed by atoms with Gasteiger partial charge in [0.15, 0.2) is 23.9 Å². The topological polar surface area (TPSA) is 117 Å². The lowest BCUT2D eigenvalue weighted by Gasteiger charge is -2.09. The van der Waals surface area contributed by atoms with Crippen LogP contribution in [0.25, 0.3) is 0 Å². The van der Waals surface area contributed by atoms with Crippen LogP contribution in [0.4, 0.5) is 11.5 Å². The Labute approximate surface area is 118 Å². The normalized spacial score (nSPS) is 9.95. The summed E-state index contributed by atoms with van der Waals surface area (Å²) in [5.74, 6) is 0.143. The largest absolute Gasteiger partial charge is 0.493 e. The number of carbonyl (C=O) groups is 1. The highest BCUT2D eigenvalue weighted by Gasteiger charge is 2.14. The molecular formula is C12H11N3O6. The van der Waals surface area contributed by atoms with Crippen molar-refractivity contribution in [2.75, 3.05) is 19.0 Å². The van der Waals surface area contributed by atoms with Crippen LogP contribution in [-0.4, -0.2) is 29.7 Å². The van der Waals surface area contributed by atoms with E-state index in [-0.39, 0.29) is 29.6 Å². The van der Waals surface area contributed by atoms with E-state index < -0.39 is 10.8 Å². The van der Waals surface area contributed by atoms with Crippen LogP contribution in [0.3, 0.4) is 0 Å². The first-order valence-electron chi connectivity index (χ1n) is 5.75. The van der Waals surface area contributed by atoms with Crippen molar-refractivity contribution in [1.82, 2.24) is 5.16 Å². The molecule has 1 aromatic heterocycles. The number of aromatic nitrogens is 1. The second kappa shape index (κ2) is 6.37. The zero-order valence-electron chi connectivity index (χ0n) is 10.9. The van der Waals surface area contributed by atoms with Crippen LogP contribution in [0.5, 0.6) is 11.5 Å². The second-order valence-electron chi connectivity index (χ2n) is 3.81. The summed E-state index contributed by atoms with van der Waals surface area (Å²) in [6, 6.07) is 5.32. The number of hydrogen-bond donors (Lipinski definition) is 1. The highest BCUT2D eigenvalue weighted by Crippen LogP contribution is 2.31. The van der Waals surface area contributed by atoms with Crippen molar-refractivity contribution in [1.29, 1.82) is 0 Å². The summed E-state index contributed by atoms with van der Waals surface area (Å²) >= 11 is 0. The summed E-state index contributed by atoms with van der Waals surface area (Å²) in [6.45, 7) is -0.357. The summed E-state index contributed by atoms with van der Waals surface area (Å²) in [4.78, 5) is 21.8. The first-order valence-corrected chi connectivity index (χ1v) is 5.75. The van der Waals surface area contributed by atoms with Gasteiger partial charge in [0.1, 0.15) is 6.26 Å². The minimum Gasteiger partial charge on any atom is -0.493 e. The van der Waals surface area contributed by atoms with Gasteiger partial charge in [0.2, 0.25) is 0 Å². The summed E-state index contributed by atoms with van der Waals surface area (Å²) in [6.07, 6.45) is 1.31. The van der Waals surface area contributed by atoms with E-state index in [9.17, 15) is 14.9 Å². The number of nitro groups is 1. The van der Waals surface area contributed by atoms with E-state index >= 15 is 0 Å². The molecule has 110 valence electrons. The first kappa shape index (κ1) is 14.3. The van der Waals surface area contributed by atoms with E-state index in [1.807, 2.05) is 0 Å². The number of nitrogens with zero attached hydrogens (tertiary/aromatic N) is 2. The van der Waals surface area contributed by atoms with Gasteiger partial charge in [0, 0.05) is 12.1 Å². The van der Waals surface area contributed by atoms with Crippen LogP contribution in [0.15, 0.2) is 35.1 Å². The molecule has 0 unspecified atom stereocenters. The first-order chi connectivity index (χ1) is 10.1. The maximum atomic E-state index is 11.6. The Morgan fingerprint density at radius 3 is 2.86 bits per heavy atom. The SMILES string of the molecule is COc1ccc([N+](=O)[O-])cc1OCC(=O)Nc1ccon1. The molecule has 0 aliphatic rings. The minimum absolute atomic E-state index is 0.0991. The van der Waals surface area contributed by atoms with Crippen LogP contribution in [0.2, 0.25) is 0 Å². The van der Waals surface area contributed by atoms with Gasteiger partial charge in [-0.1, -0.05) is 5.16 Å². The highest BCUT2D eigenvalue weighted by atomic mass is 16.6. The van der Waals surface area contributed by atoms with Gasteiger partial charge in [-0.25, -0.2) is 0 Å². The maximum Gasteiger partial charge on any atom is 0.273 e. The number of hydrogen-bond acceptors (Lipinski definition) is 7. The van der Waals surface area contributed by atoms with E-state index in [0.717, 1.165) is 0 Å². The zero-order chi connectivity index (χ0) is 15.2. The molecule has 9 heteroatoms. The highest BCUT2D eigenvalue weighted by molar-refractivity contribution is 5.90. The zero-order valence-corrected chi connectivity index (χ0v) is 10.9. The van der Waals surface area contributed by atoms with Crippen LogP contribution in [-0.2, 0) is 4.79 Å². The van der Waals surface area contributed by atoms with Crippen LogP contribution >= 0.6 is 0 Å². The molecule has 9 nitrogen and oxygen atoms in total. The van der Waals surface area contributed by atoms with Gasteiger partial charge in [0.05, 0.1) is 18.1 Å². The summed E-state index contributed by atoms with van der Waals surface area (Å²) in [7, 11) is 1.39. The number of carbonyl (C=O) groups excluding carboxylic acids is 1. The number of anilines is 1. The van der Waals surface area contributed by atoms with Crippen molar-refractivity contribution < 1.29 is 23.7 Å². The number of non-ortho nitro benzene ring substituents is 1. The van der Waals surface area contributed by atoms with Gasteiger partial charge in [-0.05, 0) is 6.07 Å². The smallest absolute Gasteiger partial charge is 0.273 e. The molecule has 0 aliphatic carbocycles. The predicted octanol–water partition coefficient (Wildman–Crippen LogP) is 1.61. The van der Waals surface area contributed by atoms with E-state index in [2.05, 4.69) is 15.0 Å². The van der Waals surface area contributed by atoms with Crippen LogP contribution < -0.4 is 14.8 Å². The molecule has 0 radical (unpaired) electrons. The molecule has 0 atom stereocenters. The van der Waals surface area contributed by atoms with Crippen LogP contribution in [0, 0.1) is 10.1 Å². The Hall–Kier alpha value is -3.10. The van der Waals surface area contributed by atoms with Crippen molar-refractivity contribution in [2.45, 2.75) is 0 Å². The third-order valence-electron chi connectivity index (χ3n) is 2.42. The Bertz CT molecular complexity index is 640. The number of rotatable bonds is 6. The fourth-order valence-corrected chi connectivity index (χ4v) is 1.49. The van der Waals surface area contributed by atoms with Crippen molar-refractivity contribution in [3.8, 4) is 11.5 Å². The third kappa shape index (κ3) is 3.69. The van der Waals surface area contributed by atoms with Gasteiger partial charge >= 0.3 is 0 Å². The molecule has 1 amide bonds. The summed E-state index contributed by atoms with van der Waals surface area (Å²) in [5, 5.41) is 16.6.